The SMILES string of the molecule is CCCC(C)C(NC(C)=O)C(O)C(NC(C)=O)C(C)OC. The van der Waals surface area contributed by atoms with Crippen molar-refractivity contribution in [1.29, 1.82) is 0 Å². The Morgan fingerprint density at radius 3 is 1.95 bits per heavy atom. The lowest BCUT2D eigenvalue weighted by Gasteiger charge is -2.36. The molecule has 0 spiro atoms. The van der Waals surface area contributed by atoms with E-state index in [-0.39, 0.29) is 23.8 Å². The lowest BCUT2D eigenvalue weighted by Crippen LogP contribution is -2.59. The molecule has 3 N–H and O–H groups in total. The summed E-state index contributed by atoms with van der Waals surface area (Å²) in [5.41, 5.74) is 0. The molecule has 0 radical (unpaired) electrons. The van der Waals surface area contributed by atoms with Gasteiger partial charge in [0.25, 0.3) is 0 Å². The maximum absolute atomic E-state index is 11.4. The first kappa shape index (κ1) is 19.9. The molecule has 0 saturated carbocycles. The number of ether oxygens (including phenoxy) is 1. The second kappa shape index (κ2) is 9.73. The van der Waals surface area contributed by atoms with Gasteiger partial charge in [-0.25, -0.2) is 0 Å². The molecule has 5 atom stereocenters. The normalized spacial score (nSPS) is 18.2. The van der Waals surface area contributed by atoms with Gasteiger partial charge in [0.05, 0.1) is 24.3 Å². The number of rotatable bonds is 9. The first-order chi connectivity index (χ1) is 9.74. The van der Waals surface area contributed by atoms with Crippen LogP contribution in [-0.2, 0) is 14.3 Å². The number of aliphatic hydroxyl groups excluding tert-OH is 1. The van der Waals surface area contributed by atoms with Crippen LogP contribution >= 0.6 is 0 Å². The molecule has 0 rings (SSSR count). The molecular formula is C15H30N2O4. The number of amides is 2. The van der Waals surface area contributed by atoms with E-state index < -0.39 is 18.2 Å². The summed E-state index contributed by atoms with van der Waals surface area (Å²) in [4.78, 5) is 22.8. The summed E-state index contributed by atoms with van der Waals surface area (Å²) in [6.07, 6.45) is 0.536. The van der Waals surface area contributed by atoms with Gasteiger partial charge in [-0.3, -0.25) is 9.59 Å². The quantitative estimate of drug-likeness (QED) is 0.588. The zero-order chi connectivity index (χ0) is 16.6. The van der Waals surface area contributed by atoms with E-state index in [1.807, 2.05) is 6.92 Å². The van der Waals surface area contributed by atoms with Gasteiger partial charge in [-0.2, -0.15) is 0 Å². The van der Waals surface area contributed by atoms with Gasteiger partial charge in [0.1, 0.15) is 0 Å². The van der Waals surface area contributed by atoms with Gasteiger partial charge < -0.3 is 20.5 Å². The fourth-order valence-corrected chi connectivity index (χ4v) is 2.52. The van der Waals surface area contributed by atoms with Crippen molar-refractivity contribution in [3.05, 3.63) is 0 Å². The highest BCUT2D eigenvalue weighted by Gasteiger charge is 2.35. The molecule has 0 heterocycles. The smallest absolute Gasteiger partial charge is 0.217 e. The molecule has 124 valence electrons. The van der Waals surface area contributed by atoms with E-state index in [0.29, 0.717) is 0 Å². The molecule has 0 aliphatic rings. The van der Waals surface area contributed by atoms with Crippen LogP contribution in [-0.4, -0.2) is 48.3 Å². The molecule has 6 nitrogen and oxygen atoms in total. The van der Waals surface area contributed by atoms with Crippen molar-refractivity contribution in [1.82, 2.24) is 10.6 Å². The number of nitrogens with one attached hydrogen (secondary N) is 2. The average molecular weight is 302 g/mol. The summed E-state index contributed by atoms with van der Waals surface area (Å²) in [6, 6.07) is -1.01. The van der Waals surface area contributed by atoms with Crippen LogP contribution in [0.1, 0.15) is 47.5 Å². The number of aliphatic hydroxyl groups is 1. The largest absolute Gasteiger partial charge is 0.389 e. The average Bonchev–Trinajstić information content (AvgIpc) is 2.40. The Bertz CT molecular complexity index is 336. The van der Waals surface area contributed by atoms with Crippen LogP contribution in [0.3, 0.4) is 0 Å². The summed E-state index contributed by atoms with van der Waals surface area (Å²) in [5.74, 6) is -0.351. The van der Waals surface area contributed by atoms with E-state index >= 15 is 0 Å². The van der Waals surface area contributed by atoms with E-state index in [9.17, 15) is 14.7 Å². The van der Waals surface area contributed by atoms with Crippen molar-refractivity contribution in [2.45, 2.75) is 71.8 Å². The highest BCUT2D eigenvalue weighted by Crippen LogP contribution is 2.18. The van der Waals surface area contributed by atoms with Crippen LogP contribution in [0.4, 0.5) is 0 Å². The number of hydrogen-bond donors (Lipinski definition) is 3. The first-order valence-electron chi connectivity index (χ1n) is 7.49. The Morgan fingerprint density at radius 1 is 1.10 bits per heavy atom. The minimum atomic E-state index is -0.922. The maximum Gasteiger partial charge on any atom is 0.217 e. The van der Waals surface area contributed by atoms with E-state index in [1.54, 1.807) is 6.92 Å². The van der Waals surface area contributed by atoms with Gasteiger partial charge in [0.2, 0.25) is 11.8 Å². The van der Waals surface area contributed by atoms with E-state index in [4.69, 9.17) is 4.74 Å². The second-order valence-corrected chi connectivity index (χ2v) is 5.65. The van der Waals surface area contributed by atoms with Crippen molar-refractivity contribution in [2.75, 3.05) is 7.11 Å². The van der Waals surface area contributed by atoms with E-state index in [1.165, 1.54) is 21.0 Å². The molecule has 0 aliphatic heterocycles. The molecule has 0 aromatic heterocycles. The molecule has 0 fully saturated rings. The number of carbonyl (C=O) groups is 2. The monoisotopic (exact) mass is 302 g/mol. The molecule has 2 amide bonds. The highest BCUT2D eigenvalue weighted by atomic mass is 16.5. The fourth-order valence-electron chi connectivity index (χ4n) is 2.52. The summed E-state index contributed by atoms with van der Waals surface area (Å²) in [7, 11) is 1.52. The van der Waals surface area contributed by atoms with Crippen LogP contribution < -0.4 is 10.6 Å². The molecular weight excluding hydrogens is 272 g/mol. The molecule has 0 saturated heterocycles. The number of methoxy groups -OCH3 is 1. The third-order valence-corrected chi connectivity index (χ3v) is 3.71. The maximum atomic E-state index is 11.4. The fraction of sp³-hybridized carbons (Fsp3) is 0.867. The van der Waals surface area contributed by atoms with Crippen LogP contribution in [0, 0.1) is 5.92 Å². The lowest BCUT2D eigenvalue weighted by atomic mass is 9.87. The Hall–Kier alpha value is -1.14. The summed E-state index contributed by atoms with van der Waals surface area (Å²) in [6.45, 7) is 8.63. The van der Waals surface area contributed by atoms with Gasteiger partial charge >= 0.3 is 0 Å². The van der Waals surface area contributed by atoms with Crippen molar-refractivity contribution in [2.24, 2.45) is 5.92 Å². The third kappa shape index (κ3) is 6.91. The molecule has 0 aliphatic carbocycles. The predicted octanol–water partition coefficient (Wildman–Crippen LogP) is 0.828. The minimum absolute atomic E-state index is 0.0919. The Balaban J connectivity index is 5.20. The molecule has 6 heteroatoms. The van der Waals surface area contributed by atoms with Gasteiger partial charge in [0.15, 0.2) is 0 Å². The molecule has 0 aromatic carbocycles. The first-order valence-corrected chi connectivity index (χ1v) is 7.49. The summed E-state index contributed by atoms with van der Waals surface area (Å²) in [5, 5.41) is 16.2. The molecule has 5 unspecified atom stereocenters. The van der Waals surface area contributed by atoms with Gasteiger partial charge in [-0.1, -0.05) is 20.3 Å². The lowest BCUT2D eigenvalue weighted by molar-refractivity contribution is -0.124. The van der Waals surface area contributed by atoms with Crippen molar-refractivity contribution in [3.63, 3.8) is 0 Å². The Morgan fingerprint density at radius 2 is 1.57 bits per heavy atom. The van der Waals surface area contributed by atoms with Gasteiger partial charge in [0, 0.05) is 21.0 Å². The predicted molar refractivity (Wildman–Crippen MR) is 81.8 cm³/mol. The summed E-state index contributed by atoms with van der Waals surface area (Å²) >= 11 is 0. The number of carbonyl (C=O) groups excluding carboxylic acids is 2. The van der Waals surface area contributed by atoms with E-state index in [0.717, 1.165) is 12.8 Å². The van der Waals surface area contributed by atoms with Crippen molar-refractivity contribution in [3.8, 4) is 0 Å². The second-order valence-electron chi connectivity index (χ2n) is 5.65. The molecule has 0 bridgehead atoms. The van der Waals surface area contributed by atoms with Crippen LogP contribution in [0.5, 0.6) is 0 Å². The van der Waals surface area contributed by atoms with E-state index in [2.05, 4.69) is 17.6 Å². The highest BCUT2D eigenvalue weighted by molar-refractivity contribution is 5.74. The molecule has 21 heavy (non-hydrogen) atoms. The third-order valence-electron chi connectivity index (χ3n) is 3.71. The van der Waals surface area contributed by atoms with Crippen molar-refractivity contribution >= 4 is 11.8 Å². The van der Waals surface area contributed by atoms with Crippen molar-refractivity contribution < 1.29 is 19.4 Å². The Labute approximate surface area is 127 Å². The van der Waals surface area contributed by atoms with Crippen LogP contribution in [0.2, 0.25) is 0 Å². The molecule has 0 aromatic rings. The Kier molecular flexibility index (Phi) is 9.21. The minimum Gasteiger partial charge on any atom is -0.389 e. The standard InChI is InChI=1S/C15H30N2O4/c1-7-8-9(2)13(16-11(4)18)15(20)14(10(3)21-6)17-12(5)19/h9-10,13-15,20H,7-8H2,1-6H3,(H,16,18)(H,17,19). The van der Waals surface area contributed by atoms with Gasteiger partial charge in [-0.15, -0.1) is 0 Å². The summed E-state index contributed by atoms with van der Waals surface area (Å²) < 4.78 is 5.24. The zero-order valence-corrected chi connectivity index (χ0v) is 14.0. The number of hydrogen-bond acceptors (Lipinski definition) is 4. The zero-order valence-electron chi connectivity index (χ0n) is 14.0. The topological polar surface area (TPSA) is 87.7 Å². The van der Waals surface area contributed by atoms with Crippen LogP contribution in [0.25, 0.3) is 0 Å². The van der Waals surface area contributed by atoms with Gasteiger partial charge in [-0.05, 0) is 19.3 Å². The van der Waals surface area contributed by atoms with Crippen LogP contribution in [0.15, 0.2) is 0 Å².